The summed E-state index contributed by atoms with van der Waals surface area (Å²) in [5.41, 5.74) is 0. The molecule has 0 N–H and O–H groups in total. The van der Waals surface area contributed by atoms with Crippen molar-refractivity contribution in [2.24, 2.45) is 5.92 Å². The first-order valence-electron chi connectivity index (χ1n) is 6.12. The van der Waals surface area contributed by atoms with Crippen molar-refractivity contribution in [1.29, 1.82) is 0 Å². The smallest absolute Gasteiger partial charge is 0.0593 e. The highest BCUT2D eigenvalue weighted by molar-refractivity contribution is 9.09. The zero-order valence-corrected chi connectivity index (χ0v) is 11.6. The summed E-state index contributed by atoms with van der Waals surface area (Å²) >= 11 is 3.67. The van der Waals surface area contributed by atoms with Crippen LogP contribution in [0.3, 0.4) is 0 Å². The molecule has 90 valence electrons. The molecule has 1 aliphatic heterocycles. The third-order valence-electron chi connectivity index (χ3n) is 2.91. The van der Waals surface area contributed by atoms with E-state index >= 15 is 0 Å². The molecule has 2 nitrogen and oxygen atoms in total. The minimum atomic E-state index is 0.746. The average molecular weight is 278 g/mol. The SMILES string of the molecule is CC(C)CCOCCN1CCC(Br)CC1. The van der Waals surface area contributed by atoms with Crippen molar-refractivity contribution in [1.82, 2.24) is 4.90 Å². The third-order valence-corrected chi connectivity index (χ3v) is 3.82. The standard InChI is InChI=1S/C12H24BrNO/c1-11(2)5-9-15-10-8-14-6-3-12(13)4-7-14/h11-12H,3-10H2,1-2H3. The van der Waals surface area contributed by atoms with Crippen LogP contribution in [0, 0.1) is 5.92 Å². The Kier molecular flexibility index (Phi) is 6.86. The topological polar surface area (TPSA) is 12.5 Å². The van der Waals surface area contributed by atoms with E-state index in [1.807, 2.05) is 0 Å². The number of rotatable bonds is 6. The van der Waals surface area contributed by atoms with Gasteiger partial charge in [0.2, 0.25) is 0 Å². The fourth-order valence-electron chi connectivity index (χ4n) is 1.74. The van der Waals surface area contributed by atoms with Crippen molar-refractivity contribution in [2.45, 2.75) is 37.9 Å². The molecule has 1 fully saturated rings. The van der Waals surface area contributed by atoms with Gasteiger partial charge in [-0.05, 0) is 38.3 Å². The number of piperidine rings is 1. The van der Waals surface area contributed by atoms with E-state index in [1.54, 1.807) is 0 Å². The van der Waals surface area contributed by atoms with Gasteiger partial charge in [-0.3, -0.25) is 0 Å². The summed E-state index contributed by atoms with van der Waals surface area (Å²) in [4.78, 5) is 3.25. The van der Waals surface area contributed by atoms with Crippen LogP contribution in [0.4, 0.5) is 0 Å². The van der Waals surface area contributed by atoms with Crippen molar-refractivity contribution in [3.05, 3.63) is 0 Å². The number of ether oxygens (including phenoxy) is 1. The Bertz CT molecular complexity index is 156. The lowest BCUT2D eigenvalue weighted by atomic mass is 10.1. The predicted octanol–water partition coefficient (Wildman–Crippen LogP) is 2.91. The summed E-state index contributed by atoms with van der Waals surface area (Å²) in [5, 5.41) is 0. The van der Waals surface area contributed by atoms with E-state index in [9.17, 15) is 0 Å². The molecule has 0 aromatic carbocycles. The summed E-state index contributed by atoms with van der Waals surface area (Å²) in [6.07, 6.45) is 3.75. The maximum Gasteiger partial charge on any atom is 0.0593 e. The van der Waals surface area contributed by atoms with Gasteiger partial charge in [0.1, 0.15) is 0 Å². The minimum absolute atomic E-state index is 0.746. The van der Waals surface area contributed by atoms with Crippen LogP contribution >= 0.6 is 15.9 Å². The Morgan fingerprint density at radius 3 is 2.53 bits per heavy atom. The van der Waals surface area contributed by atoms with Gasteiger partial charge in [-0.2, -0.15) is 0 Å². The molecule has 0 unspecified atom stereocenters. The van der Waals surface area contributed by atoms with Crippen LogP contribution in [0.1, 0.15) is 33.1 Å². The second-order valence-corrected chi connectivity index (χ2v) is 6.11. The zero-order chi connectivity index (χ0) is 11.1. The van der Waals surface area contributed by atoms with Crippen LogP contribution < -0.4 is 0 Å². The van der Waals surface area contributed by atoms with Crippen LogP contribution in [0.2, 0.25) is 0 Å². The Labute approximate surface area is 102 Å². The van der Waals surface area contributed by atoms with Crippen LogP contribution in [0.15, 0.2) is 0 Å². The van der Waals surface area contributed by atoms with Crippen LogP contribution in [0.5, 0.6) is 0 Å². The second-order valence-electron chi connectivity index (χ2n) is 4.81. The molecule has 15 heavy (non-hydrogen) atoms. The fourth-order valence-corrected chi connectivity index (χ4v) is 2.15. The molecule has 1 rings (SSSR count). The van der Waals surface area contributed by atoms with Gasteiger partial charge in [0.15, 0.2) is 0 Å². The molecule has 0 aromatic rings. The first kappa shape index (κ1) is 13.5. The van der Waals surface area contributed by atoms with Gasteiger partial charge in [-0.25, -0.2) is 0 Å². The number of hydrogen-bond donors (Lipinski definition) is 0. The second kappa shape index (κ2) is 7.64. The quantitative estimate of drug-likeness (QED) is 0.547. The molecular weight excluding hydrogens is 254 g/mol. The molecule has 0 aliphatic carbocycles. The highest BCUT2D eigenvalue weighted by atomic mass is 79.9. The molecular formula is C12H24BrNO. The van der Waals surface area contributed by atoms with Crippen molar-refractivity contribution in [3.63, 3.8) is 0 Å². The number of hydrogen-bond acceptors (Lipinski definition) is 2. The zero-order valence-electron chi connectivity index (χ0n) is 10.0. The van der Waals surface area contributed by atoms with Crippen LogP contribution in [0.25, 0.3) is 0 Å². The van der Waals surface area contributed by atoms with E-state index in [0.29, 0.717) is 0 Å². The summed E-state index contributed by atoms with van der Waals surface area (Å²) in [6, 6.07) is 0. The maximum atomic E-state index is 5.62. The number of nitrogens with zero attached hydrogens (tertiary/aromatic N) is 1. The molecule has 1 aliphatic rings. The van der Waals surface area contributed by atoms with Crippen molar-refractivity contribution in [3.8, 4) is 0 Å². The van der Waals surface area contributed by atoms with Gasteiger partial charge >= 0.3 is 0 Å². The largest absolute Gasteiger partial charge is 0.380 e. The van der Waals surface area contributed by atoms with E-state index < -0.39 is 0 Å². The maximum absolute atomic E-state index is 5.62. The van der Waals surface area contributed by atoms with Crippen LogP contribution in [-0.2, 0) is 4.74 Å². The summed E-state index contributed by atoms with van der Waals surface area (Å²) in [5.74, 6) is 0.758. The molecule has 0 atom stereocenters. The Hall–Kier alpha value is 0.400. The van der Waals surface area contributed by atoms with Gasteiger partial charge in [-0.15, -0.1) is 0 Å². The van der Waals surface area contributed by atoms with Gasteiger partial charge in [0.25, 0.3) is 0 Å². The molecule has 3 heteroatoms. The summed E-state index contributed by atoms with van der Waals surface area (Å²) in [7, 11) is 0. The molecule has 0 saturated carbocycles. The Balaban J connectivity index is 1.91. The molecule has 0 spiro atoms. The minimum Gasteiger partial charge on any atom is -0.380 e. The van der Waals surface area contributed by atoms with Crippen molar-refractivity contribution in [2.75, 3.05) is 32.8 Å². The first-order chi connectivity index (χ1) is 7.18. The van der Waals surface area contributed by atoms with E-state index in [0.717, 1.165) is 30.5 Å². The molecule has 0 radical (unpaired) electrons. The lowest BCUT2D eigenvalue weighted by Crippen LogP contribution is -2.36. The van der Waals surface area contributed by atoms with Gasteiger partial charge in [0.05, 0.1) is 6.61 Å². The summed E-state index contributed by atoms with van der Waals surface area (Å²) in [6.45, 7) is 9.87. The highest BCUT2D eigenvalue weighted by Crippen LogP contribution is 2.16. The molecule has 0 aromatic heterocycles. The number of halogens is 1. The lowest BCUT2D eigenvalue weighted by molar-refractivity contribution is 0.0906. The molecule has 0 bridgehead atoms. The normalized spacial score (nSPS) is 20.0. The molecule has 1 heterocycles. The predicted molar refractivity (Wildman–Crippen MR) is 68.7 cm³/mol. The van der Waals surface area contributed by atoms with E-state index in [2.05, 4.69) is 34.7 Å². The average Bonchev–Trinajstić information content (AvgIpc) is 2.20. The van der Waals surface area contributed by atoms with E-state index in [4.69, 9.17) is 4.74 Å². The molecule has 1 saturated heterocycles. The fraction of sp³-hybridized carbons (Fsp3) is 1.00. The van der Waals surface area contributed by atoms with E-state index in [1.165, 1.54) is 32.4 Å². The lowest BCUT2D eigenvalue weighted by Gasteiger charge is -2.29. The van der Waals surface area contributed by atoms with Gasteiger partial charge < -0.3 is 9.64 Å². The van der Waals surface area contributed by atoms with Crippen LogP contribution in [-0.4, -0.2) is 42.6 Å². The van der Waals surface area contributed by atoms with E-state index in [-0.39, 0.29) is 0 Å². The summed E-state index contributed by atoms with van der Waals surface area (Å²) < 4.78 is 5.62. The first-order valence-corrected chi connectivity index (χ1v) is 7.04. The Morgan fingerprint density at radius 1 is 1.27 bits per heavy atom. The highest BCUT2D eigenvalue weighted by Gasteiger charge is 2.15. The number of alkyl halides is 1. The third kappa shape index (κ3) is 6.54. The van der Waals surface area contributed by atoms with Gasteiger partial charge in [0, 0.05) is 18.0 Å². The monoisotopic (exact) mass is 277 g/mol. The van der Waals surface area contributed by atoms with Crippen molar-refractivity contribution >= 4 is 15.9 Å². The molecule has 0 amide bonds. The number of likely N-dealkylation sites (tertiary alicyclic amines) is 1. The van der Waals surface area contributed by atoms with Gasteiger partial charge in [-0.1, -0.05) is 29.8 Å². The van der Waals surface area contributed by atoms with Crippen molar-refractivity contribution < 1.29 is 4.74 Å². The Morgan fingerprint density at radius 2 is 1.93 bits per heavy atom.